The minimum atomic E-state index is -0.369. The molecule has 4 rings (SSSR count). The zero-order valence-corrected chi connectivity index (χ0v) is 18.5. The van der Waals surface area contributed by atoms with E-state index in [-0.39, 0.29) is 29.2 Å². The van der Waals surface area contributed by atoms with Gasteiger partial charge in [0.1, 0.15) is 11.5 Å². The van der Waals surface area contributed by atoms with E-state index in [0.29, 0.717) is 42.8 Å². The summed E-state index contributed by atoms with van der Waals surface area (Å²) in [5.41, 5.74) is 2.42. The molecule has 6 nitrogen and oxygen atoms in total. The summed E-state index contributed by atoms with van der Waals surface area (Å²) in [6.45, 7) is 2.87. The number of furan rings is 1. The lowest BCUT2D eigenvalue weighted by molar-refractivity contribution is -0.128. The Labute approximate surface area is 192 Å². The lowest BCUT2D eigenvalue weighted by atomic mass is 9.88. The largest absolute Gasteiger partial charge is 0.465 e. The van der Waals surface area contributed by atoms with Crippen molar-refractivity contribution >= 4 is 23.7 Å². The molecule has 0 spiro atoms. The Morgan fingerprint density at radius 2 is 1.61 bits per heavy atom. The first-order valence-corrected chi connectivity index (χ1v) is 11.0. The van der Waals surface area contributed by atoms with Crippen LogP contribution >= 0.6 is 0 Å². The van der Waals surface area contributed by atoms with E-state index in [1.54, 1.807) is 41.3 Å². The predicted octanol–water partition coefficient (Wildman–Crippen LogP) is 4.48. The maximum atomic E-state index is 13.3. The van der Waals surface area contributed by atoms with Crippen LogP contribution in [-0.4, -0.2) is 35.6 Å². The Hall–Kier alpha value is -3.93. The number of benzene rings is 2. The van der Waals surface area contributed by atoms with E-state index < -0.39 is 0 Å². The van der Waals surface area contributed by atoms with E-state index in [1.807, 2.05) is 37.3 Å². The molecule has 1 aliphatic heterocycles. The van der Waals surface area contributed by atoms with E-state index in [4.69, 9.17) is 4.42 Å². The van der Waals surface area contributed by atoms with E-state index in [9.17, 15) is 14.4 Å². The van der Waals surface area contributed by atoms with Gasteiger partial charge in [-0.15, -0.1) is 0 Å². The number of nitrogens with zero attached hydrogens (tertiary/aromatic N) is 1. The topological polar surface area (TPSA) is 79.6 Å². The number of likely N-dealkylation sites (tertiary alicyclic amines) is 1. The highest BCUT2D eigenvalue weighted by atomic mass is 16.3. The molecule has 1 fully saturated rings. The number of amides is 2. The summed E-state index contributed by atoms with van der Waals surface area (Å²) in [6.07, 6.45) is 4.21. The van der Waals surface area contributed by atoms with E-state index in [2.05, 4.69) is 5.32 Å². The Morgan fingerprint density at radius 1 is 0.909 bits per heavy atom. The quantitative estimate of drug-likeness (QED) is 0.451. The van der Waals surface area contributed by atoms with Crippen molar-refractivity contribution in [3.63, 3.8) is 0 Å². The first-order chi connectivity index (χ1) is 16.0. The molecule has 0 saturated carbocycles. The van der Waals surface area contributed by atoms with Gasteiger partial charge in [-0.05, 0) is 44.0 Å². The van der Waals surface area contributed by atoms with Gasteiger partial charge in [-0.25, -0.2) is 0 Å². The summed E-state index contributed by atoms with van der Waals surface area (Å²) in [5.74, 6) is -0.196. The average molecular weight is 443 g/mol. The second-order valence-electron chi connectivity index (χ2n) is 8.19. The van der Waals surface area contributed by atoms with E-state index in [1.165, 1.54) is 12.3 Å². The van der Waals surface area contributed by atoms with Crippen LogP contribution < -0.4 is 5.32 Å². The number of rotatable bonds is 6. The minimum Gasteiger partial charge on any atom is -0.465 e. The van der Waals surface area contributed by atoms with Gasteiger partial charge in [-0.2, -0.15) is 0 Å². The number of nitrogens with one attached hydrogen (secondary N) is 1. The van der Waals surface area contributed by atoms with Gasteiger partial charge < -0.3 is 14.6 Å². The summed E-state index contributed by atoms with van der Waals surface area (Å²) >= 11 is 0. The smallest absolute Gasteiger partial charge is 0.270 e. The Bertz CT molecular complexity index is 1140. The number of aryl methyl sites for hydroxylation is 1. The molecule has 6 heteroatoms. The van der Waals surface area contributed by atoms with Crippen molar-refractivity contribution in [3.8, 4) is 0 Å². The highest BCUT2D eigenvalue weighted by Crippen LogP contribution is 2.23. The fourth-order valence-electron chi connectivity index (χ4n) is 3.92. The summed E-state index contributed by atoms with van der Waals surface area (Å²) in [5, 5.41) is 2.74. The van der Waals surface area contributed by atoms with Crippen LogP contribution in [0.5, 0.6) is 0 Å². The molecule has 33 heavy (non-hydrogen) atoms. The highest BCUT2D eigenvalue weighted by Gasteiger charge is 2.30. The third-order valence-corrected chi connectivity index (χ3v) is 5.83. The molecular formula is C27H26N2O4. The van der Waals surface area contributed by atoms with Gasteiger partial charge in [0, 0.05) is 36.2 Å². The summed E-state index contributed by atoms with van der Waals surface area (Å²) < 4.78 is 5.35. The number of ketones is 1. The second-order valence-corrected chi connectivity index (χ2v) is 8.19. The van der Waals surface area contributed by atoms with Crippen LogP contribution in [0.15, 0.2) is 83.1 Å². The van der Waals surface area contributed by atoms with Crippen LogP contribution in [0.25, 0.3) is 6.08 Å². The molecule has 0 radical (unpaired) electrons. The van der Waals surface area contributed by atoms with E-state index in [0.717, 1.165) is 5.56 Å². The monoisotopic (exact) mass is 442 g/mol. The van der Waals surface area contributed by atoms with Crippen LogP contribution in [0.3, 0.4) is 0 Å². The minimum absolute atomic E-state index is 0.117. The molecule has 1 aliphatic rings. The summed E-state index contributed by atoms with van der Waals surface area (Å²) in [7, 11) is 0. The Balaban J connectivity index is 1.45. The molecule has 168 valence electrons. The fraction of sp³-hybridized carbons (Fsp3) is 0.222. The van der Waals surface area contributed by atoms with E-state index >= 15 is 0 Å². The van der Waals surface area contributed by atoms with Gasteiger partial charge in [0.25, 0.3) is 11.8 Å². The van der Waals surface area contributed by atoms with Gasteiger partial charge in [0.2, 0.25) is 0 Å². The van der Waals surface area contributed by atoms with Crippen molar-refractivity contribution < 1.29 is 18.8 Å². The summed E-state index contributed by atoms with van der Waals surface area (Å²) in [6, 6.07) is 19.8. The fourth-order valence-corrected chi connectivity index (χ4v) is 3.92. The van der Waals surface area contributed by atoms with Crippen molar-refractivity contribution in [1.82, 2.24) is 10.2 Å². The molecule has 3 aromatic rings. The number of hydrogen-bond acceptors (Lipinski definition) is 4. The summed E-state index contributed by atoms with van der Waals surface area (Å²) in [4.78, 5) is 40.5. The zero-order chi connectivity index (χ0) is 23.2. The molecule has 0 atom stereocenters. The second kappa shape index (κ2) is 10.1. The van der Waals surface area contributed by atoms with Gasteiger partial charge >= 0.3 is 0 Å². The zero-order valence-electron chi connectivity index (χ0n) is 18.5. The Kier molecular flexibility index (Phi) is 6.83. The van der Waals surface area contributed by atoms with Crippen LogP contribution in [0.4, 0.5) is 0 Å². The first-order valence-electron chi connectivity index (χ1n) is 11.0. The number of carbonyl (C=O) groups is 3. The number of carbonyl (C=O) groups excluding carboxylic acids is 3. The molecule has 1 aromatic heterocycles. The normalized spacial score (nSPS) is 14.7. The van der Waals surface area contributed by atoms with Gasteiger partial charge in [-0.1, -0.05) is 48.0 Å². The third-order valence-electron chi connectivity index (χ3n) is 5.83. The molecule has 2 amide bonds. The van der Waals surface area contributed by atoms with Gasteiger partial charge in [0.05, 0.1) is 6.26 Å². The lowest BCUT2D eigenvalue weighted by Gasteiger charge is -2.32. The molecule has 2 heterocycles. The predicted molar refractivity (Wildman–Crippen MR) is 125 cm³/mol. The molecule has 0 unspecified atom stereocenters. The van der Waals surface area contributed by atoms with Crippen molar-refractivity contribution in [3.05, 3.63) is 101 Å². The number of Topliss-reactive ketones (excluding diaryl/α,β-unsaturated/α-hetero) is 1. The molecule has 1 N–H and O–H groups in total. The molecular weight excluding hydrogens is 416 g/mol. The maximum Gasteiger partial charge on any atom is 0.270 e. The molecule has 2 aromatic carbocycles. The molecule has 0 aliphatic carbocycles. The van der Waals surface area contributed by atoms with Gasteiger partial charge in [0.15, 0.2) is 5.78 Å². The van der Waals surface area contributed by atoms with Crippen molar-refractivity contribution in [2.75, 3.05) is 13.1 Å². The van der Waals surface area contributed by atoms with Crippen LogP contribution in [-0.2, 0) is 4.79 Å². The maximum absolute atomic E-state index is 13.3. The van der Waals surface area contributed by atoms with Crippen molar-refractivity contribution in [1.29, 1.82) is 0 Å². The molecule has 0 bridgehead atoms. The highest BCUT2D eigenvalue weighted by molar-refractivity contribution is 6.05. The van der Waals surface area contributed by atoms with Crippen molar-refractivity contribution in [2.24, 2.45) is 5.92 Å². The lowest BCUT2D eigenvalue weighted by Crippen LogP contribution is -2.43. The van der Waals surface area contributed by atoms with Crippen LogP contribution in [0.2, 0.25) is 0 Å². The number of piperidine rings is 1. The van der Waals surface area contributed by atoms with Crippen LogP contribution in [0.1, 0.15) is 44.9 Å². The number of hydrogen-bond donors (Lipinski definition) is 1. The average Bonchev–Trinajstić information content (AvgIpc) is 3.37. The molecule has 1 saturated heterocycles. The van der Waals surface area contributed by atoms with Crippen molar-refractivity contribution in [2.45, 2.75) is 19.8 Å². The SMILES string of the molecule is Cc1ccc(C(=O)C2CCN(C(=O)C(=Cc3ccco3)NC(=O)c3ccccc3)CC2)cc1. The van der Waals surface area contributed by atoms with Gasteiger partial charge in [-0.3, -0.25) is 14.4 Å². The Morgan fingerprint density at radius 3 is 2.24 bits per heavy atom. The standard InChI is InChI=1S/C27H26N2O4/c1-19-9-11-20(12-10-19)25(30)21-13-15-29(16-14-21)27(32)24(18-23-8-5-17-33-23)28-26(31)22-6-3-2-4-7-22/h2-12,17-18,21H,13-16H2,1H3,(H,28,31). The van der Waals surface area contributed by atoms with Crippen LogP contribution in [0, 0.1) is 12.8 Å². The third kappa shape index (κ3) is 5.47. The first kappa shape index (κ1) is 22.3.